The molecule has 0 aliphatic carbocycles. The van der Waals surface area contributed by atoms with Crippen molar-refractivity contribution in [2.75, 3.05) is 11.1 Å². The number of rotatable bonds is 8. The molecule has 0 saturated carbocycles. The smallest absolute Gasteiger partial charge is 0.254 e. The molecule has 0 fully saturated rings. The van der Waals surface area contributed by atoms with Crippen LogP contribution in [0.1, 0.15) is 23.7 Å². The van der Waals surface area contributed by atoms with Gasteiger partial charge in [-0.25, -0.2) is 8.42 Å². The van der Waals surface area contributed by atoms with E-state index in [-0.39, 0.29) is 34.2 Å². The molecule has 0 aliphatic rings. The quantitative estimate of drug-likeness (QED) is 0.606. The van der Waals surface area contributed by atoms with Gasteiger partial charge in [-0.2, -0.15) is 0 Å². The molecular formula is C19H21N3O5S. The summed E-state index contributed by atoms with van der Waals surface area (Å²) in [5, 5.41) is 4.96. The monoisotopic (exact) mass is 403 g/mol. The second kappa shape index (κ2) is 9.14. The number of sulfone groups is 1. The van der Waals surface area contributed by atoms with Crippen LogP contribution >= 0.6 is 0 Å². The van der Waals surface area contributed by atoms with Gasteiger partial charge in [0.15, 0.2) is 9.84 Å². The highest BCUT2D eigenvalue weighted by Gasteiger charge is 2.24. The summed E-state index contributed by atoms with van der Waals surface area (Å²) in [6, 6.07) is 12.9. The van der Waals surface area contributed by atoms with E-state index in [4.69, 9.17) is 5.73 Å². The average molecular weight is 403 g/mol. The molecule has 2 aromatic carbocycles. The van der Waals surface area contributed by atoms with Crippen molar-refractivity contribution in [1.82, 2.24) is 5.32 Å². The van der Waals surface area contributed by atoms with Crippen molar-refractivity contribution in [1.29, 1.82) is 0 Å². The van der Waals surface area contributed by atoms with Gasteiger partial charge in [0.1, 0.15) is 6.04 Å². The third-order valence-corrected chi connectivity index (χ3v) is 5.67. The molecule has 0 aliphatic heterocycles. The predicted molar refractivity (Wildman–Crippen MR) is 104 cm³/mol. The number of amides is 3. The minimum atomic E-state index is -3.63. The van der Waals surface area contributed by atoms with Crippen molar-refractivity contribution in [3.8, 4) is 0 Å². The number of nitrogens with one attached hydrogen (secondary N) is 2. The van der Waals surface area contributed by atoms with Gasteiger partial charge < -0.3 is 16.4 Å². The van der Waals surface area contributed by atoms with E-state index in [1.807, 2.05) is 0 Å². The molecule has 0 radical (unpaired) electrons. The Kier molecular flexibility index (Phi) is 6.89. The standard InChI is InChI=1S/C19H21N3O5S/c1-13(23)21-16-10-6-5-9-15(16)19(25)22-17(18(20)24)11-12-28(26,27)14-7-3-2-4-8-14/h2-10,17H,11-12H2,1H3,(H2,20,24)(H,21,23)(H,22,25)/t17-/m1/s1. The van der Waals surface area contributed by atoms with Crippen molar-refractivity contribution in [2.45, 2.75) is 24.3 Å². The van der Waals surface area contributed by atoms with Gasteiger partial charge in [0.25, 0.3) is 5.91 Å². The Balaban J connectivity index is 2.12. The molecule has 4 N–H and O–H groups in total. The highest BCUT2D eigenvalue weighted by molar-refractivity contribution is 7.91. The van der Waals surface area contributed by atoms with Crippen molar-refractivity contribution >= 4 is 33.2 Å². The summed E-state index contributed by atoms with van der Waals surface area (Å²) in [5.41, 5.74) is 5.74. The van der Waals surface area contributed by atoms with Crippen LogP contribution in [0.25, 0.3) is 0 Å². The molecule has 28 heavy (non-hydrogen) atoms. The lowest BCUT2D eigenvalue weighted by Crippen LogP contribution is -2.45. The van der Waals surface area contributed by atoms with E-state index in [1.54, 1.807) is 30.3 Å². The summed E-state index contributed by atoms with van der Waals surface area (Å²) in [5.74, 6) is -2.22. The maximum Gasteiger partial charge on any atom is 0.254 e. The number of nitrogens with two attached hydrogens (primary N) is 1. The van der Waals surface area contributed by atoms with E-state index in [1.165, 1.54) is 31.2 Å². The number of primary amides is 1. The van der Waals surface area contributed by atoms with Crippen LogP contribution in [0.3, 0.4) is 0 Å². The Morgan fingerprint density at radius 3 is 2.21 bits per heavy atom. The number of carbonyl (C=O) groups excluding carboxylic acids is 3. The van der Waals surface area contributed by atoms with Gasteiger partial charge in [-0.05, 0) is 30.7 Å². The molecule has 0 heterocycles. The highest BCUT2D eigenvalue weighted by atomic mass is 32.2. The number of hydrogen-bond acceptors (Lipinski definition) is 5. The molecule has 2 rings (SSSR count). The molecule has 9 heteroatoms. The number of carbonyl (C=O) groups is 3. The van der Waals surface area contributed by atoms with E-state index in [9.17, 15) is 22.8 Å². The second-order valence-electron chi connectivity index (χ2n) is 6.08. The molecule has 8 nitrogen and oxygen atoms in total. The third-order valence-electron chi connectivity index (χ3n) is 3.91. The van der Waals surface area contributed by atoms with Gasteiger partial charge in [-0.3, -0.25) is 14.4 Å². The molecule has 0 aromatic heterocycles. The van der Waals surface area contributed by atoms with Crippen LogP contribution in [0.5, 0.6) is 0 Å². The largest absolute Gasteiger partial charge is 0.368 e. The fourth-order valence-corrected chi connectivity index (χ4v) is 3.87. The Labute approximate surface area is 163 Å². The first-order valence-electron chi connectivity index (χ1n) is 8.45. The van der Waals surface area contributed by atoms with Crippen molar-refractivity contribution < 1.29 is 22.8 Å². The average Bonchev–Trinajstić information content (AvgIpc) is 2.65. The molecule has 0 spiro atoms. The van der Waals surface area contributed by atoms with Crippen LogP contribution in [0.15, 0.2) is 59.5 Å². The molecule has 3 amide bonds. The molecule has 0 unspecified atom stereocenters. The van der Waals surface area contributed by atoms with Crippen LogP contribution in [0.2, 0.25) is 0 Å². The fourth-order valence-electron chi connectivity index (χ4n) is 2.52. The van der Waals surface area contributed by atoms with Gasteiger partial charge >= 0.3 is 0 Å². The van der Waals surface area contributed by atoms with Crippen LogP contribution in [-0.2, 0) is 19.4 Å². The first kappa shape index (κ1) is 21.1. The Morgan fingerprint density at radius 2 is 1.61 bits per heavy atom. The van der Waals surface area contributed by atoms with Crippen LogP contribution in [-0.4, -0.2) is 37.9 Å². The lowest BCUT2D eigenvalue weighted by Gasteiger charge is -2.17. The van der Waals surface area contributed by atoms with Crippen molar-refractivity contribution in [2.24, 2.45) is 5.73 Å². The van der Waals surface area contributed by atoms with Gasteiger partial charge in [0.2, 0.25) is 11.8 Å². The Morgan fingerprint density at radius 1 is 1.00 bits per heavy atom. The van der Waals surface area contributed by atoms with Gasteiger partial charge in [0, 0.05) is 6.92 Å². The molecule has 0 bridgehead atoms. The van der Waals surface area contributed by atoms with E-state index >= 15 is 0 Å². The summed E-state index contributed by atoms with van der Waals surface area (Å²) in [7, 11) is -3.63. The van der Waals surface area contributed by atoms with Crippen molar-refractivity contribution in [3.05, 3.63) is 60.2 Å². The minimum Gasteiger partial charge on any atom is -0.368 e. The molecule has 148 valence electrons. The normalized spacial score (nSPS) is 12.0. The predicted octanol–water partition coefficient (Wildman–Crippen LogP) is 1.09. The van der Waals surface area contributed by atoms with Crippen LogP contribution in [0.4, 0.5) is 5.69 Å². The second-order valence-corrected chi connectivity index (χ2v) is 8.18. The number of anilines is 1. The zero-order valence-electron chi connectivity index (χ0n) is 15.2. The fraction of sp³-hybridized carbons (Fsp3) is 0.211. The lowest BCUT2D eigenvalue weighted by molar-refractivity contribution is -0.120. The highest BCUT2D eigenvalue weighted by Crippen LogP contribution is 2.16. The van der Waals surface area contributed by atoms with Gasteiger partial charge in [-0.15, -0.1) is 0 Å². The number of hydrogen-bond donors (Lipinski definition) is 3. The molecule has 0 saturated heterocycles. The van der Waals surface area contributed by atoms with Gasteiger partial charge in [0.05, 0.1) is 21.9 Å². The third kappa shape index (κ3) is 5.65. The van der Waals surface area contributed by atoms with Crippen molar-refractivity contribution in [3.63, 3.8) is 0 Å². The summed E-state index contributed by atoms with van der Waals surface area (Å²) >= 11 is 0. The number of para-hydroxylation sites is 1. The maximum atomic E-state index is 12.5. The van der Waals surface area contributed by atoms with E-state index in [0.29, 0.717) is 0 Å². The topological polar surface area (TPSA) is 135 Å². The lowest BCUT2D eigenvalue weighted by atomic mass is 10.1. The minimum absolute atomic E-state index is 0.126. The van der Waals surface area contributed by atoms with E-state index in [0.717, 1.165) is 0 Å². The van der Waals surface area contributed by atoms with E-state index in [2.05, 4.69) is 10.6 Å². The van der Waals surface area contributed by atoms with E-state index < -0.39 is 27.7 Å². The Bertz CT molecular complexity index is 974. The Hall–Kier alpha value is -3.20. The van der Waals surface area contributed by atoms with Gasteiger partial charge in [-0.1, -0.05) is 30.3 Å². The number of benzene rings is 2. The zero-order chi connectivity index (χ0) is 20.7. The summed E-state index contributed by atoms with van der Waals surface area (Å²) in [6.07, 6.45) is -0.180. The first-order valence-corrected chi connectivity index (χ1v) is 10.1. The van der Waals surface area contributed by atoms with Crippen LogP contribution < -0.4 is 16.4 Å². The zero-order valence-corrected chi connectivity index (χ0v) is 16.0. The maximum absolute atomic E-state index is 12.5. The molecular weight excluding hydrogens is 382 g/mol. The molecule has 1 atom stereocenters. The summed E-state index contributed by atoms with van der Waals surface area (Å²) < 4.78 is 24.8. The summed E-state index contributed by atoms with van der Waals surface area (Å²) in [6.45, 7) is 1.30. The SMILES string of the molecule is CC(=O)Nc1ccccc1C(=O)N[C@H](CCS(=O)(=O)c1ccccc1)C(N)=O. The first-order chi connectivity index (χ1) is 13.2. The van der Waals surface area contributed by atoms with Crippen LogP contribution in [0, 0.1) is 0 Å². The molecule has 2 aromatic rings. The summed E-state index contributed by atoms with van der Waals surface area (Å²) in [4.78, 5) is 35.7.